The minimum atomic E-state index is -0.428. The summed E-state index contributed by atoms with van der Waals surface area (Å²) in [6.07, 6.45) is 3.74. The lowest BCUT2D eigenvalue weighted by Crippen LogP contribution is -2.38. The molecule has 0 spiro atoms. The third kappa shape index (κ3) is 3.67. The summed E-state index contributed by atoms with van der Waals surface area (Å²) in [7, 11) is 0. The fraction of sp³-hybridized carbons (Fsp3) is 0.615. The van der Waals surface area contributed by atoms with Gasteiger partial charge in [-0.2, -0.15) is 0 Å². The highest BCUT2D eigenvalue weighted by molar-refractivity contribution is 9.10. The predicted molar refractivity (Wildman–Crippen MR) is 82.1 cm³/mol. The second-order valence-electron chi connectivity index (χ2n) is 5.01. The van der Waals surface area contributed by atoms with Crippen LogP contribution < -0.4 is 10.2 Å². The molecule has 1 aromatic rings. The van der Waals surface area contributed by atoms with Crippen molar-refractivity contribution >= 4 is 27.4 Å². The first-order chi connectivity index (χ1) is 9.61. The topological polar surface area (TPSA) is 71.3 Å². The zero-order chi connectivity index (χ0) is 14.5. The Morgan fingerprint density at radius 1 is 1.65 bits per heavy atom. The number of halogens is 1. The lowest BCUT2D eigenvalue weighted by atomic mass is 9.99. The van der Waals surface area contributed by atoms with Crippen molar-refractivity contribution in [2.45, 2.75) is 19.8 Å². The van der Waals surface area contributed by atoms with Crippen molar-refractivity contribution in [1.29, 1.82) is 0 Å². The summed E-state index contributed by atoms with van der Waals surface area (Å²) in [6, 6.07) is 1.52. The summed E-state index contributed by atoms with van der Waals surface area (Å²) in [5.74, 6) is 1.39. The second kappa shape index (κ2) is 6.99. The number of nitrogens with one attached hydrogen (secondary N) is 1. The Hall–Kier alpha value is -1.21. The van der Waals surface area contributed by atoms with Gasteiger partial charge in [0.1, 0.15) is 12.0 Å². The van der Waals surface area contributed by atoms with Gasteiger partial charge >= 0.3 is 0 Å². The molecule has 1 aliphatic heterocycles. The fourth-order valence-corrected chi connectivity index (χ4v) is 3.10. The van der Waals surface area contributed by atoms with Crippen molar-refractivity contribution in [3.8, 4) is 0 Å². The number of hydrogen-bond acceptors (Lipinski definition) is 5. The molecule has 110 valence electrons. The fourth-order valence-electron chi connectivity index (χ4n) is 2.51. The molecular weight excluding hydrogens is 324 g/mol. The van der Waals surface area contributed by atoms with Gasteiger partial charge in [0.15, 0.2) is 0 Å². The molecule has 7 heteroatoms. The van der Waals surface area contributed by atoms with E-state index in [1.165, 1.54) is 25.1 Å². The first-order valence-electron chi connectivity index (χ1n) is 6.87. The minimum absolute atomic E-state index is 0.0102. The molecule has 0 bridgehead atoms. The van der Waals surface area contributed by atoms with Crippen molar-refractivity contribution in [3.05, 3.63) is 26.9 Å². The third-order valence-corrected chi connectivity index (χ3v) is 4.16. The average Bonchev–Trinajstić information content (AvgIpc) is 2.46. The number of piperidine rings is 1. The molecular formula is C13H19BrN4O2. The third-order valence-electron chi connectivity index (χ3n) is 3.58. The summed E-state index contributed by atoms with van der Waals surface area (Å²) in [5, 5.41) is 14.1. The van der Waals surface area contributed by atoms with Gasteiger partial charge in [-0.15, -0.1) is 0 Å². The summed E-state index contributed by atoms with van der Waals surface area (Å²) in [6.45, 7) is 5.96. The van der Waals surface area contributed by atoms with E-state index in [-0.39, 0.29) is 5.69 Å². The van der Waals surface area contributed by atoms with E-state index in [1.807, 2.05) is 0 Å². The quantitative estimate of drug-likeness (QED) is 0.657. The van der Waals surface area contributed by atoms with Gasteiger partial charge in [0.05, 0.1) is 9.40 Å². The monoisotopic (exact) mass is 342 g/mol. The van der Waals surface area contributed by atoms with E-state index in [2.05, 4.69) is 38.1 Å². The number of nitrogens with zero attached hydrogens (tertiary/aromatic N) is 3. The van der Waals surface area contributed by atoms with E-state index in [0.717, 1.165) is 32.0 Å². The van der Waals surface area contributed by atoms with Crippen molar-refractivity contribution in [2.75, 3.05) is 31.1 Å². The summed E-state index contributed by atoms with van der Waals surface area (Å²) in [5.41, 5.74) is 0.0102. The average molecular weight is 343 g/mol. The Kier molecular flexibility index (Phi) is 5.31. The van der Waals surface area contributed by atoms with Gasteiger partial charge in [0.2, 0.25) is 0 Å². The van der Waals surface area contributed by atoms with Crippen LogP contribution in [0.15, 0.2) is 16.7 Å². The highest BCUT2D eigenvalue weighted by atomic mass is 79.9. The summed E-state index contributed by atoms with van der Waals surface area (Å²) in [4.78, 5) is 16.7. The van der Waals surface area contributed by atoms with Crippen LogP contribution in [0.1, 0.15) is 19.8 Å². The maximum Gasteiger partial charge on any atom is 0.288 e. The molecule has 1 unspecified atom stereocenters. The molecule has 2 rings (SSSR count). The van der Waals surface area contributed by atoms with Gasteiger partial charge in [-0.1, -0.05) is 0 Å². The lowest BCUT2D eigenvalue weighted by Gasteiger charge is -2.30. The van der Waals surface area contributed by atoms with E-state index in [4.69, 9.17) is 0 Å². The lowest BCUT2D eigenvalue weighted by molar-refractivity contribution is -0.385. The Morgan fingerprint density at radius 3 is 3.00 bits per heavy atom. The maximum absolute atomic E-state index is 10.7. The zero-order valence-corrected chi connectivity index (χ0v) is 13.1. The zero-order valence-electron chi connectivity index (χ0n) is 11.5. The van der Waals surface area contributed by atoms with Gasteiger partial charge in [0, 0.05) is 19.2 Å². The van der Waals surface area contributed by atoms with Crippen LogP contribution in [0.3, 0.4) is 0 Å². The van der Waals surface area contributed by atoms with Crippen LogP contribution >= 0.6 is 15.9 Å². The maximum atomic E-state index is 10.7. The molecule has 0 saturated carbocycles. The molecule has 0 radical (unpaired) electrons. The smallest absolute Gasteiger partial charge is 0.288 e. The number of rotatable bonds is 5. The normalized spacial score (nSPS) is 18.8. The number of hydrogen-bond donors (Lipinski definition) is 1. The number of anilines is 1. The molecule has 1 N–H and O–H groups in total. The van der Waals surface area contributed by atoms with Gasteiger partial charge in [0.25, 0.3) is 5.69 Å². The largest absolute Gasteiger partial charge is 0.356 e. The van der Waals surface area contributed by atoms with Crippen molar-refractivity contribution < 1.29 is 4.92 Å². The second-order valence-corrected chi connectivity index (χ2v) is 5.86. The molecule has 1 atom stereocenters. The molecule has 1 aromatic heterocycles. The van der Waals surface area contributed by atoms with Crippen LogP contribution in [0.25, 0.3) is 0 Å². The first kappa shape index (κ1) is 15.2. The molecule has 20 heavy (non-hydrogen) atoms. The van der Waals surface area contributed by atoms with Gasteiger partial charge < -0.3 is 10.2 Å². The summed E-state index contributed by atoms with van der Waals surface area (Å²) >= 11 is 3.40. The molecule has 1 aliphatic rings. The van der Waals surface area contributed by atoms with Gasteiger partial charge in [-0.05, 0) is 54.7 Å². The van der Waals surface area contributed by atoms with E-state index in [9.17, 15) is 10.1 Å². The Balaban J connectivity index is 2.12. The highest BCUT2D eigenvalue weighted by Gasteiger charge is 2.20. The van der Waals surface area contributed by atoms with Gasteiger partial charge in [-0.3, -0.25) is 10.1 Å². The molecule has 2 heterocycles. The summed E-state index contributed by atoms with van der Waals surface area (Å²) < 4.78 is 0.678. The molecule has 0 aromatic carbocycles. The van der Waals surface area contributed by atoms with Crippen LogP contribution in [0.4, 0.5) is 11.5 Å². The van der Waals surface area contributed by atoms with Crippen LogP contribution in [0.2, 0.25) is 0 Å². The SMILES string of the molecule is CCN(CC1CCCNC1)c1ncc([N+](=O)[O-])cc1Br. The Labute approximate surface area is 126 Å². The Morgan fingerprint density at radius 2 is 2.45 bits per heavy atom. The number of aromatic nitrogens is 1. The van der Waals surface area contributed by atoms with Crippen molar-refractivity contribution in [1.82, 2.24) is 10.3 Å². The van der Waals surface area contributed by atoms with Crippen LogP contribution in [0, 0.1) is 16.0 Å². The standard InChI is InChI=1S/C13H19BrN4O2/c1-2-17(9-10-4-3-5-15-7-10)13-12(14)6-11(8-16-13)18(19)20/h6,8,10,15H,2-5,7,9H2,1H3. The van der Waals surface area contributed by atoms with E-state index in [1.54, 1.807) is 0 Å². The van der Waals surface area contributed by atoms with Crippen LogP contribution in [-0.4, -0.2) is 36.1 Å². The molecule has 1 fully saturated rings. The van der Waals surface area contributed by atoms with Crippen LogP contribution in [-0.2, 0) is 0 Å². The number of nitro groups is 1. The minimum Gasteiger partial charge on any atom is -0.356 e. The Bertz CT molecular complexity index is 477. The van der Waals surface area contributed by atoms with Crippen molar-refractivity contribution in [2.24, 2.45) is 5.92 Å². The van der Waals surface area contributed by atoms with Gasteiger partial charge in [-0.25, -0.2) is 4.98 Å². The van der Waals surface area contributed by atoms with E-state index in [0.29, 0.717) is 10.4 Å². The predicted octanol–water partition coefficient (Wildman–Crippen LogP) is 2.58. The number of pyridine rings is 1. The highest BCUT2D eigenvalue weighted by Crippen LogP contribution is 2.28. The first-order valence-corrected chi connectivity index (χ1v) is 7.66. The molecule has 0 aliphatic carbocycles. The van der Waals surface area contributed by atoms with Crippen molar-refractivity contribution in [3.63, 3.8) is 0 Å². The molecule has 6 nitrogen and oxygen atoms in total. The molecule has 0 amide bonds. The van der Waals surface area contributed by atoms with E-state index < -0.39 is 4.92 Å². The van der Waals surface area contributed by atoms with Crippen LogP contribution in [0.5, 0.6) is 0 Å². The molecule has 1 saturated heterocycles. The van der Waals surface area contributed by atoms with E-state index >= 15 is 0 Å².